The van der Waals surface area contributed by atoms with Gasteiger partial charge < -0.3 is 4.90 Å². The maximum atomic E-state index is 13.5. The van der Waals surface area contributed by atoms with Crippen molar-refractivity contribution in [1.29, 1.82) is 0 Å². The Morgan fingerprint density at radius 1 is 0.862 bits per heavy atom. The summed E-state index contributed by atoms with van der Waals surface area (Å²) in [5.74, 6) is -0.133. The zero-order valence-corrected chi connectivity index (χ0v) is 17.0. The summed E-state index contributed by atoms with van der Waals surface area (Å²) in [7, 11) is 1.78. The van der Waals surface area contributed by atoms with Crippen molar-refractivity contribution in [3.63, 3.8) is 0 Å². The topological polar surface area (TPSA) is 38.8 Å². The molecule has 1 atom stereocenters. The van der Waals surface area contributed by atoms with Gasteiger partial charge in [0.25, 0.3) is 5.91 Å². The first-order valence-corrected chi connectivity index (χ1v) is 9.78. The van der Waals surface area contributed by atoms with E-state index in [1.54, 1.807) is 11.9 Å². The Hall–Kier alpha value is -2.95. The fourth-order valence-electron chi connectivity index (χ4n) is 3.83. The van der Waals surface area contributed by atoms with Crippen molar-refractivity contribution in [1.82, 2.24) is 0 Å². The van der Waals surface area contributed by atoms with Crippen LogP contribution < -0.4 is 4.90 Å². The molecule has 0 radical (unpaired) electrons. The Labute approximate surface area is 171 Å². The van der Waals surface area contributed by atoms with E-state index in [2.05, 4.69) is 0 Å². The lowest BCUT2D eigenvalue weighted by Crippen LogP contribution is -2.44. The first kappa shape index (κ1) is 19.4. The van der Waals surface area contributed by atoms with Crippen LogP contribution in [-0.2, 0) is 32.2 Å². The molecule has 4 rings (SSSR count). The van der Waals surface area contributed by atoms with Crippen LogP contribution >= 0.6 is 0 Å². The minimum atomic E-state index is -1.24. The van der Waals surface area contributed by atoms with Crippen LogP contribution in [0.3, 0.4) is 0 Å². The maximum Gasteiger partial charge on any atom is 0.267 e. The average Bonchev–Trinajstić information content (AvgIpc) is 2.96. The minimum absolute atomic E-state index is 0.133. The van der Waals surface area contributed by atoms with Gasteiger partial charge in [-0.15, -0.1) is 0 Å². The van der Waals surface area contributed by atoms with Crippen LogP contribution in [0.4, 0.5) is 5.69 Å². The summed E-state index contributed by atoms with van der Waals surface area (Å²) in [5, 5.41) is 0. The lowest BCUT2D eigenvalue weighted by Gasteiger charge is -2.32. The smallest absolute Gasteiger partial charge is 0.267 e. The lowest BCUT2D eigenvalue weighted by molar-refractivity contribution is -0.405. The molecule has 0 fully saturated rings. The second-order valence-electron chi connectivity index (χ2n) is 7.91. The van der Waals surface area contributed by atoms with Gasteiger partial charge in [-0.05, 0) is 31.0 Å². The number of hydrogen-bond donors (Lipinski definition) is 0. The summed E-state index contributed by atoms with van der Waals surface area (Å²) in [6, 6.07) is 27.5. The highest BCUT2D eigenvalue weighted by atomic mass is 17.2. The van der Waals surface area contributed by atoms with Crippen molar-refractivity contribution >= 4 is 11.6 Å². The second kappa shape index (κ2) is 7.47. The molecule has 0 spiro atoms. The molecule has 148 valence electrons. The van der Waals surface area contributed by atoms with E-state index in [1.807, 2.05) is 98.8 Å². The molecule has 0 saturated carbocycles. The zero-order valence-electron chi connectivity index (χ0n) is 17.0. The highest BCUT2D eigenvalue weighted by molar-refractivity contribution is 6.06. The number of anilines is 1. The third-order valence-electron chi connectivity index (χ3n) is 5.51. The molecule has 0 aliphatic carbocycles. The molecule has 4 heteroatoms. The van der Waals surface area contributed by atoms with Gasteiger partial charge in [0.2, 0.25) is 5.60 Å². The SMILES string of the molecule is CN1C(=O)C(Cc2ccccc2)(OOC(C)(C)c2ccccc2)c2ccccc21. The third kappa shape index (κ3) is 3.46. The van der Waals surface area contributed by atoms with Gasteiger partial charge in [-0.1, -0.05) is 78.9 Å². The standard InChI is InChI=1S/C25H25NO3/c1-24(2,20-14-8-5-9-15-20)28-29-25(18-19-12-6-4-7-13-19)21-16-10-11-17-22(21)26(3)23(25)27/h4-17H,18H2,1-3H3. The Balaban J connectivity index is 1.73. The number of para-hydroxylation sites is 1. The van der Waals surface area contributed by atoms with E-state index < -0.39 is 11.2 Å². The molecular weight excluding hydrogens is 362 g/mol. The predicted molar refractivity (Wildman–Crippen MR) is 113 cm³/mol. The fraction of sp³-hybridized carbons (Fsp3) is 0.240. The van der Waals surface area contributed by atoms with Gasteiger partial charge in [-0.2, -0.15) is 0 Å². The van der Waals surface area contributed by atoms with E-state index >= 15 is 0 Å². The molecule has 0 aromatic heterocycles. The number of benzene rings is 3. The average molecular weight is 387 g/mol. The molecule has 0 N–H and O–H groups in total. The van der Waals surface area contributed by atoms with Crippen molar-refractivity contribution < 1.29 is 14.6 Å². The summed E-state index contributed by atoms with van der Waals surface area (Å²) in [5.41, 5.74) is 1.68. The van der Waals surface area contributed by atoms with Crippen LogP contribution in [0.1, 0.15) is 30.5 Å². The Morgan fingerprint density at radius 3 is 2.14 bits per heavy atom. The van der Waals surface area contributed by atoms with E-state index in [4.69, 9.17) is 9.78 Å². The number of fused-ring (bicyclic) bond motifs is 1. The molecule has 4 nitrogen and oxygen atoms in total. The van der Waals surface area contributed by atoms with Gasteiger partial charge in [0, 0.05) is 19.0 Å². The number of carbonyl (C=O) groups is 1. The highest BCUT2D eigenvalue weighted by Crippen LogP contribution is 2.45. The van der Waals surface area contributed by atoms with Gasteiger partial charge in [-0.3, -0.25) is 4.79 Å². The van der Waals surface area contributed by atoms with Gasteiger partial charge in [0.05, 0.1) is 5.69 Å². The van der Waals surface area contributed by atoms with Gasteiger partial charge >= 0.3 is 0 Å². The van der Waals surface area contributed by atoms with Crippen LogP contribution in [0.2, 0.25) is 0 Å². The van der Waals surface area contributed by atoms with Crippen molar-refractivity contribution in [2.75, 3.05) is 11.9 Å². The summed E-state index contributed by atoms with van der Waals surface area (Å²) in [4.78, 5) is 27.2. The van der Waals surface area contributed by atoms with E-state index in [1.165, 1.54) is 0 Å². The number of carbonyl (C=O) groups excluding carboxylic acids is 1. The Kier molecular flexibility index (Phi) is 4.99. The molecule has 0 bridgehead atoms. The molecule has 1 unspecified atom stereocenters. The zero-order chi connectivity index (χ0) is 20.5. The van der Waals surface area contributed by atoms with Crippen molar-refractivity contribution in [3.8, 4) is 0 Å². The summed E-state index contributed by atoms with van der Waals surface area (Å²) in [6.45, 7) is 3.88. The molecule has 29 heavy (non-hydrogen) atoms. The molecule has 1 heterocycles. The third-order valence-corrected chi connectivity index (χ3v) is 5.51. The van der Waals surface area contributed by atoms with Gasteiger partial charge in [-0.25, -0.2) is 9.78 Å². The van der Waals surface area contributed by atoms with E-state index in [0.29, 0.717) is 6.42 Å². The number of hydrogen-bond acceptors (Lipinski definition) is 3. The van der Waals surface area contributed by atoms with Crippen LogP contribution in [0.5, 0.6) is 0 Å². The monoisotopic (exact) mass is 387 g/mol. The number of rotatable bonds is 6. The fourth-order valence-corrected chi connectivity index (χ4v) is 3.83. The summed E-state index contributed by atoms with van der Waals surface area (Å²) < 4.78 is 0. The van der Waals surface area contributed by atoms with Crippen molar-refractivity contribution in [3.05, 3.63) is 102 Å². The van der Waals surface area contributed by atoms with Gasteiger partial charge in [0.15, 0.2) is 0 Å². The van der Waals surface area contributed by atoms with Crippen LogP contribution in [0.15, 0.2) is 84.9 Å². The van der Waals surface area contributed by atoms with Crippen LogP contribution in [0.25, 0.3) is 0 Å². The quantitative estimate of drug-likeness (QED) is 0.442. The predicted octanol–water partition coefficient (Wildman–Crippen LogP) is 4.98. The minimum Gasteiger partial charge on any atom is -0.312 e. The molecule has 0 saturated heterocycles. The first-order chi connectivity index (χ1) is 13.9. The van der Waals surface area contributed by atoms with Crippen molar-refractivity contribution in [2.24, 2.45) is 0 Å². The second-order valence-corrected chi connectivity index (χ2v) is 7.91. The first-order valence-electron chi connectivity index (χ1n) is 9.78. The van der Waals surface area contributed by atoms with E-state index in [-0.39, 0.29) is 5.91 Å². The Bertz CT molecular complexity index is 1000. The number of likely N-dealkylation sites (N-methyl/N-ethyl adjacent to an activating group) is 1. The maximum absolute atomic E-state index is 13.5. The number of nitrogens with zero attached hydrogens (tertiary/aromatic N) is 1. The van der Waals surface area contributed by atoms with Gasteiger partial charge in [0.1, 0.15) is 5.60 Å². The lowest BCUT2D eigenvalue weighted by atomic mass is 9.88. The van der Waals surface area contributed by atoms with E-state index in [9.17, 15) is 4.79 Å². The molecule has 3 aromatic carbocycles. The molecule has 1 aliphatic heterocycles. The molecule has 3 aromatic rings. The van der Waals surface area contributed by atoms with Crippen LogP contribution in [-0.4, -0.2) is 13.0 Å². The Morgan fingerprint density at radius 2 is 1.45 bits per heavy atom. The summed E-state index contributed by atoms with van der Waals surface area (Å²) >= 11 is 0. The number of amides is 1. The largest absolute Gasteiger partial charge is 0.312 e. The molecule has 1 amide bonds. The molecular formula is C25H25NO3. The van der Waals surface area contributed by atoms with Crippen LogP contribution in [0, 0.1) is 0 Å². The summed E-state index contributed by atoms with van der Waals surface area (Å²) in [6.07, 6.45) is 0.388. The normalized spacial score (nSPS) is 18.7. The van der Waals surface area contributed by atoms with E-state index in [0.717, 1.165) is 22.4 Å². The molecule has 1 aliphatic rings. The van der Waals surface area contributed by atoms with Crippen molar-refractivity contribution in [2.45, 2.75) is 31.5 Å². The highest BCUT2D eigenvalue weighted by Gasteiger charge is 2.53.